The SMILES string of the molecule is COC(=O)Nc1cc(C(C)(C)C)cc(NC(=O)Nc2ccc(Oc3ccnc(NCc4ccccc4)n3)c3ccccc23)c1OC. The van der Waals surface area contributed by atoms with Gasteiger partial charge >= 0.3 is 12.1 Å². The Balaban J connectivity index is 1.37. The van der Waals surface area contributed by atoms with Crippen molar-refractivity contribution < 1.29 is 23.8 Å². The van der Waals surface area contributed by atoms with Gasteiger partial charge in [0.1, 0.15) is 5.75 Å². The minimum Gasteiger partial charge on any atom is -0.492 e. The van der Waals surface area contributed by atoms with Crippen LogP contribution in [0.15, 0.2) is 91.1 Å². The fourth-order valence-corrected chi connectivity index (χ4v) is 4.75. The van der Waals surface area contributed by atoms with Crippen LogP contribution in [0.3, 0.4) is 0 Å². The molecule has 0 saturated heterocycles. The Kier molecular flexibility index (Phi) is 9.51. The maximum Gasteiger partial charge on any atom is 0.411 e. The number of anilines is 4. The number of carbonyl (C=O) groups is 2. The molecule has 0 saturated carbocycles. The van der Waals surface area contributed by atoms with Gasteiger partial charge < -0.3 is 30.2 Å². The topological polar surface area (TPSA) is 136 Å². The van der Waals surface area contributed by atoms with E-state index in [4.69, 9.17) is 14.2 Å². The summed E-state index contributed by atoms with van der Waals surface area (Å²) >= 11 is 0. The normalized spacial score (nSPS) is 11.0. The smallest absolute Gasteiger partial charge is 0.411 e. The average Bonchev–Trinajstić information content (AvgIpc) is 3.05. The number of fused-ring (bicyclic) bond motifs is 1. The van der Waals surface area contributed by atoms with E-state index in [2.05, 4.69) is 31.2 Å². The van der Waals surface area contributed by atoms with Gasteiger partial charge in [-0.3, -0.25) is 5.32 Å². The van der Waals surface area contributed by atoms with E-state index in [0.29, 0.717) is 41.2 Å². The molecule has 236 valence electrons. The number of methoxy groups -OCH3 is 2. The van der Waals surface area contributed by atoms with Crippen LogP contribution in [0.5, 0.6) is 17.4 Å². The maximum absolute atomic E-state index is 13.4. The molecule has 0 aliphatic carbocycles. The lowest BCUT2D eigenvalue weighted by atomic mass is 9.86. The van der Waals surface area contributed by atoms with Gasteiger partial charge in [-0.25, -0.2) is 14.6 Å². The van der Waals surface area contributed by atoms with E-state index in [9.17, 15) is 9.59 Å². The Labute approximate surface area is 267 Å². The lowest BCUT2D eigenvalue weighted by molar-refractivity contribution is 0.187. The maximum atomic E-state index is 13.4. The molecule has 0 fully saturated rings. The standard InChI is InChI=1S/C35H36N6O5/c1-35(2,3)23-19-27(31(44-4)28(20-23)40-34(43)45-5)39-33(42)38-26-15-16-29(25-14-10-9-13-24(25)26)46-30-17-18-36-32(41-30)37-21-22-11-7-6-8-12-22/h6-20H,21H2,1-5H3,(H,40,43)(H,36,37,41)(H2,38,39,42). The number of nitrogens with zero attached hydrogens (tertiary/aromatic N) is 2. The molecule has 11 nitrogen and oxygen atoms in total. The van der Waals surface area contributed by atoms with Crippen molar-refractivity contribution in [2.24, 2.45) is 0 Å². The van der Waals surface area contributed by atoms with Crippen molar-refractivity contribution in [3.05, 3.63) is 102 Å². The van der Waals surface area contributed by atoms with Crippen molar-refractivity contribution in [1.29, 1.82) is 0 Å². The summed E-state index contributed by atoms with van der Waals surface area (Å²) in [6.45, 7) is 6.66. The van der Waals surface area contributed by atoms with E-state index < -0.39 is 12.1 Å². The Morgan fingerprint density at radius 1 is 0.783 bits per heavy atom. The Morgan fingerprint density at radius 3 is 2.15 bits per heavy atom. The second-order valence-corrected chi connectivity index (χ2v) is 11.4. The van der Waals surface area contributed by atoms with Crippen molar-refractivity contribution in [2.75, 3.05) is 35.5 Å². The zero-order valence-corrected chi connectivity index (χ0v) is 26.3. The number of aromatic nitrogens is 2. The quantitative estimate of drug-likeness (QED) is 0.130. The molecule has 0 spiro atoms. The van der Waals surface area contributed by atoms with E-state index in [1.165, 1.54) is 14.2 Å². The monoisotopic (exact) mass is 620 g/mol. The highest BCUT2D eigenvalue weighted by atomic mass is 16.5. The summed E-state index contributed by atoms with van der Waals surface area (Å²) in [7, 11) is 2.74. The van der Waals surface area contributed by atoms with Gasteiger partial charge in [-0.15, -0.1) is 0 Å². The van der Waals surface area contributed by atoms with Gasteiger partial charge in [0.2, 0.25) is 11.8 Å². The van der Waals surface area contributed by atoms with Gasteiger partial charge in [0, 0.05) is 29.6 Å². The Hall–Kier alpha value is -5.84. The molecule has 1 heterocycles. The van der Waals surface area contributed by atoms with Crippen LogP contribution in [0.25, 0.3) is 10.8 Å². The van der Waals surface area contributed by atoms with E-state index in [0.717, 1.165) is 21.9 Å². The van der Waals surface area contributed by atoms with E-state index >= 15 is 0 Å². The lowest BCUT2D eigenvalue weighted by Gasteiger charge is -2.24. The number of urea groups is 1. The van der Waals surface area contributed by atoms with E-state index in [-0.39, 0.29) is 11.2 Å². The molecule has 4 aromatic carbocycles. The van der Waals surface area contributed by atoms with Gasteiger partial charge in [0.25, 0.3) is 0 Å². The summed E-state index contributed by atoms with van der Waals surface area (Å²) in [6.07, 6.45) is 0.975. The molecular formula is C35H36N6O5. The second-order valence-electron chi connectivity index (χ2n) is 11.4. The lowest BCUT2D eigenvalue weighted by Crippen LogP contribution is -2.22. The van der Waals surface area contributed by atoms with Crippen LogP contribution in [0.1, 0.15) is 31.9 Å². The highest BCUT2D eigenvalue weighted by Gasteiger charge is 2.22. The average molecular weight is 621 g/mol. The Morgan fingerprint density at radius 2 is 1.46 bits per heavy atom. The molecule has 0 aliphatic heterocycles. The summed E-state index contributed by atoms with van der Waals surface area (Å²) in [5, 5.41) is 13.2. The van der Waals surface area contributed by atoms with Gasteiger partial charge in [-0.05, 0) is 40.8 Å². The van der Waals surface area contributed by atoms with Crippen molar-refractivity contribution in [3.63, 3.8) is 0 Å². The van der Waals surface area contributed by atoms with Crippen LogP contribution in [-0.2, 0) is 16.7 Å². The van der Waals surface area contributed by atoms with Crippen LogP contribution in [-0.4, -0.2) is 36.3 Å². The van der Waals surface area contributed by atoms with Crippen LogP contribution < -0.4 is 30.7 Å². The van der Waals surface area contributed by atoms with Gasteiger partial charge in [-0.1, -0.05) is 75.4 Å². The molecule has 0 aliphatic rings. The zero-order chi connectivity index (χ0) is 32.7. The predicted molar refractivity (Wildman–Crippen MR) is 180 cm³/mol. The number of carbonyl (C=O) groups excluding carboxylic acids is 2. The van der Waals surface area contributed by atoms with Crippen LogP contribution in [0, 0.1) is 0 Å². The zero-order valence-electron chi connectivity index (χ0n) is 26.3. The number of ether oxygens (including phenoxy) is 3. The second kappa shape index (κ2) is 13.9. The molecule has 0 bridgehead atoms. The first-order chi connectivity index (χ1) is 22.1. The number of benzene rings is 4. The summed E-state index contributed by atoms with van der Waals surface area (Å²) in [5.74, 6) is 1.66. The number of hydrogen-bond donors (Lipinski definition) is 4. The van der Waals surface area contributed by atoms with Crippen LogP contribution in [0.2, 0.25) is 0 Å². The first-order valence-electron chi connectivity index (χ1n) is 14.6. The molecular weight excluding hydrogens is 584 g/mol. The predicted octanol–water partition coefficient (Wildman–Crippen LogP) is 8.16. The van der Waals surface area contributed by atoms with Crippen molar-refractivity contribution in [3.8, 4) is 17.4 Å². The van der Waals surface area contributed by atoms with Crippen molar-refractivity contribution in [1.82, 2.24) is 9.97 Å². The molecule has 46 heavy (non-hydrogen) atoms. The number of hydrogen-bond acceptors (Lipinski definition) is 8. The van der Waals surface area contributed by atoms with Crippen molar-refractivity contribution in [2.45, 2.75) is 32.7 Å². The molecule has 0 radical (unpaired) electrons. The summed E-state index contributed by atoms with van der Waals surface area (Å²) < 4.78 is 16.5. The van der Waals surface area contributed by atoms with Crippen LogP contribution in [0.4, 0.5) is 32.6 Å². The molecule has 11 heteroatoms. The summed E-state index contributed by atoms with van der Waals surface area (Å²) in [6, 6.07) is 25.9. The molecule has 0 atom stereocenters. The van der Waals surface area contributed by atoms with Gasteiger partial charge in [0.15, 0.2) is 5.75 Å². The highest BCUT2D eigenvalue weighted by Crippen LogP contribution is 2.39. The van der Waals surface area contributed by atoms with Gasteiger partial charge in [-0.2, -0.15) is 4.98 Å². The fourth-order valence-electron chi connectivity index (χ4n) is 4.75. The third kappa shape index (κ3) is 7.62. The largest absolute Gasteiger partial charge is 0.492 e. The third-order valence-electron chi connectivity index (χ3n) is 7.10. The number of rotatable bonds is 9. The summed E-state index contributed by atoms with van der Waals surface area (Å²) in [5.41, 5.74) is 2.99. The van der Waals surface area contributed by atoms with Crippen LogP contribution >= 0.6 is 0 Å². The fraction of sp³-hybridized carbons (Fsp3) is 0.200. The first kappa shape index (κ1) is 31.6. The number of amides is 3. The first-order valence-corrected chi connectivity index (χ1v) is 14.6. The minimum atomic E-state index is -0.657. The molecule has 3 amide bonds. The molecule has 5 aromatic rings. The molecule has 5 rings (SSSR count). The Bertz CT molecular complexity index is 1860. The minimum absolute atomic E-state index is 0.282. The van der Waals surface area contributed by atoms with Gasteiger partial charge in [0.05, 0.1) is 31.3 Å². The summed E-state index contributed by atoms with van der Waals surface area (Å²) in [4.78, 5) is 34.2. The molecule has 1 aromatic heterocycles. The molecule has 4 N–H and O–H groups in total. The highest BCUT2D eigenvalue weighted by molar-refractivity contribution is 6.08. The number of nitrogens with one attached hydrogen (secondary N) is 4. The van der Waals surface area contributed by atoms with E-state index in [1.54, 1.807) is 30.5 Å². The molecule has 0 unspecified atom stereocenters. The van der Waals surface area contributed by atoms with E-state index in [1.807, 2.05) is 81.4 Å². The van der Waals surface area contributed by atoms with Crippen molar-refractivity contribution >= 4 is 45.9 Å². The third-order valence-corrected chi connectivity index (χ3v) is 7.10.